The van der Waals surface area contributed by atoms with Crippen LogP contribution >= 0.6 is 0 Å². The van der Waals surface area contributed by atoms with E-state index in [2.05, 4.69) is 0 Å². The van der Waals surface area contributed by atoms with Gasteiger partial charge in [-0.15, -0.1) is 0 Å². The molecule has 1 heterocycles. The minimum atomic E-state index is -1.31. The second-order valence-corrected chi connectivity index (χ2v) is 6.58. The molecular formula is C15H28N2O4. The molecule has 1 aliphatic rings. The van der Waals surface area contributed by atoms with E-state index in [1.165, 1.54) is 6.92 Å². The zero-order valence-corrected chi connectivity index (χ0v) is 13.3. The largest absolute Gasteiger partial charge is 0.395 e. The zero-order chi connectivity index (χ0) is 16.0. The Morgan fingerprint density at radius 3 is 2.24 bits per heavy atom. The summed E-state index contributed by atoms with van der Waals surface area (Å²) in [7, 11) is 0. The first-order valence-corrected chi connectivity index (χ1v) is 7.71. The third kappa shape index (κ3) is 4.17. The van der Waals surface area contributed by atoms with Crippen LogP contribution in [0.15, 0.2) is 0 Å². The average Bonchev–Trinajstić information content (AvgIpc) is 2.51. The number of rotatable bonds is 6. The Balaban J connectivity index is 3.02. The van der Waals surface area contributed by atoms with E-state index in [-0.39, 0.29) is 11.8 Å². The summed E-state index contributed by atoms with van der Waals surface area (Å²) in [5, 5.41) is 18.6. The van der Waals surface area contributed by atoms with E-state index in [1.54, 1.807) is 10.4 Å². The Bertz CT molecular complexity index is 367. The highest BCUT2D eigenvalue weighted by Gasteiger charge is 2.46. The first kappa shape index (κ1) is 17.9. The lowest BCUT2D eigenvalue weighted by molar-refractivity contribution is -0.156. The van der Waals surface area contributed by atoms with Gasteiger partial charge in [0.15, 0.2) is 0 Å². The number of amides is 2. The number of aliphatic hydroxyl groups excluding tert-OH is 1. The van der Waals surface area contributed by atoms with Crippen molar-refractivity contribution in [2.24, 2.45) is 17.3 Å². The lowest BCUT2D eigenvalue weighted by Crippen LogP contribution is -2.53. The molecule has 2 atom stereocenters. The van der Waals surface area contributed by atoms with Gasteiger partial charge in [-0.3, -0.25) is 14.8 Å². The molecule has 0 aromatic carbocycles. The van der Waals surface area contributed by atoms with Crippen LogP contribution in [0.5, 0.6) is 0 Å². The summed E-state index contributed by atoms with van der Waals surface area (Å²) in [4.78, 5) is 26.6. The van der Waals surface area contributed by atoms with E-state index in [0.29, 0.717) is 19.5 Å². The number of hydrogen-bond acceptors (Lipinski definition) is 4. The fourth-order valence-electron chi connectivity index (χ4n) is 2.91. The number of nitrogens with zero attached hydrogens (tertiary/aromatic N) is 1. The van der Waals surface area contributed by atoms with Crippen molar-refractivity contribution < 1.29 is 19.9 Å². The molecule has 0 radical (unpaired) electrons. The number of carbonyl (C=O) groups is 2. The second-order valence-electron chi connectivity index (χ2n) is 6.58. The van der Waals surface area contributed by atoms with Gasteiger partial charge in [0, 0.05) is 13.1 Å². The maximum atomic E-state index is 12.8. The number of likely N-dealkylation sites (tertiary alicyclic amines) is 1. The molecule has 3 N–H and O–H groups in total. The predicted molar refractivity (Wildman–Crippen MR) is 78.5 cm³/mol. The van der Waals surface area contributed by atoms with Crippen molar-refractivity contribution in [3.05, 3.63) is 0 Å². The van der Waals surface area contributed by atoms with Crippen molar-refractivity contribution in [1.82, 2.24) is 10.4 Å². The smallest absolute Gasteiger partial charge is 0.252 e. The van der Waals surface area contributed by atoms with Crippen LogP contribution in [0.2, 0.25) is 0 Å². The SMILES string of the molecule is CC(C)CC(C(=O)N1CCCCC1)[C@](C)(CO)C(=O)NO. The van der Waals surface area contributed by atoms with Gasteiger partial charge < -0.3 is 10.0 Å². The Morgan fingerprint density at radius 1 is 1.24 bits per heavy atom. The number of aliphatic hydroxyl groups is 1. The van der Waals surface area contributed by atoms with Crippen molar-refractivity contribution in [1.29, 1.82) is 0 Å². The number of piperidine rings is 1. The lowest BCUT2D eigenvalue weighted by Gasteiger charge is -2.38. The number of hydroxylamine groups is 1. The molecule has 21 heavy (non-hydrogen) atoms. The Morgan fingerprint density at radius 2 is 1.81 bits per heavy atom. The molecule has 0 saturated carbocycles. The maximum absolute atomic E-state index is 12.8. The molecule has 1 unspecified atom stereocenters. The van der Waals surface area contributed by atoms with E-state index in [0.717, 1.165) is 19.3 Å². The molecule has 0 aromatic rings. The van der Waals surface area contributed by atoms with Gasteiger partial charge in [-0.25, -0.2) is 5.48 Å². The van der Waals surface area contributed by atoms with Crippen LogP contribution in [-0.4, -0.2) is 46.7 Å². The molecule has 122 valence electrons. The summed E-state index contributed by atoms with van der Waals surface area (Å²) in [6.07, 6.45) is 3.57. The summed E-state index contributed by atoms with van der Waals surface area (Å²) in [5.74, 6) is -1.22. The highest BCUT2D eigenvalue weighted by molar-refractivity contribution is 5.90. The fourth-order valence-corrected chi connectivity index (χ4v) is 2.91. The fraction of sp³-hybridized carbons (Fsp3) is 0.867. The second kappa shape index (κ2) is 7.75. The van der Waals surface area contributed by atoms with Crippen molar-refractivity contribution in [3.63, 3.8) is 0 Å². The van der Waals surface area contributed by atoms with Crippen molar-refractivity contribution in [3.8, 4) is 0 Å². The van der Waals surface area contributed by atoms with Crippen LogP contribution in [0.3, 0.4) is 0 Å². The van der Waals surface area contributed by atoms with Gasteiger partial charge >= 0.3 is 0 Å². The summed E-state index contributed by atoms with van der Waals surface area (Å²) >= 11 is 0. The Labute approximate surface area is 126 Å². The molecule has 0 bridgehead atoms. The van der Waals surface area contributed by atoms with E-state index >= 15 is 0 Å². The molecule has 6 nitrogen and oxygen atoms in total. The van der Waals surface area contributed by atoms with Crippen LogP contribution in [0.1, 0.15) is 46.5 Å². The Kier molecular flexibility index (Phi) is 6.61. The molecule has 1 saturated heterocycles. The van der Waals surface area contributed by atoms with Gasteiger partial charge in [0.2, 0.25) is 5.91 Å². The van der Waals surface area contributed by atoms with E-state index in [9.17, 15) is 14.7 Å². The summed E-state index contributed by atoms with van der Waals surface area (Å²) < 4.78 is 0. The minimum Gasteiger partial charge on any atom is -0.395 e. The predicted octanol–water partition coefficient (Wildman–Crippen LogP) is 1.17. The number of hydrogen-bond donors (Lipinski definition) is 3. The van der Waals surface area contributed by atoms with Gasteiger partial charge in [0.05, 0.1) is 17.9 Å². The third-order valence-corrected chi connectivity index (χ3v) is 4.39. The van der Waals surface area contributed by atoms with E-state index in [1.807, 2.05) is 13.8 Å². The summed E-state index contributed by atoms with van der Waals surface area (Å²) in [6, 6.07) is 0. The van der Waals surface area contributed by atoms with Crippen LogP contribution in [0.25, 0.3) is 0 Å². The summed E-state index contributed by atoms with van der Waals surface area (Å²) in [5.41, 5.74) is 0.286. The number of carbonyl (C=O) groups excluding carboxylic acids is 2. The molecule has 2 amide bonds. The van der Waals surface area contributed by atoms with Crippen LogP contribution in [-0.2, 0) is 9.59 Å². The number of nitrogens with one attached hydrogen (secondary N) is 1. The molecule has 6 heteroatoms. The van der Waals surface area contributed by atoms with Gasteiger partial charge in [-0.05, 0) is 38.5 Å². The summed E-state index contributed by atoms with van der Waals surface area (Å²) in [6.45, 7) is 6.42. The van der Waals surface area contributed by atoms with Crippen molar-refractivity contribution >= 4 is 11.8 Å². The zero-order valence-electron chi connectivity index (χ0n) is 13.3. The van der Waals surface area contributed by atoms with Crippen LogP contribution in [0.4, 0.5) is 0 Å². The van der Waals surface area contributed by atoms with Gasteiger partial charge in [-0.1, -0.05) is 13.8 Å². The molecule has 0 spiro atoms. The topological polar surface area (TPSA) is 89.9 Å². The van der Waals surface area contributed by atoms with E-state index in [4.69, 9.17) is 5.21 Å². The molecule has 0 aliphatic carbocycles. The van der Waals surface area contributed by atoms with Gasteiger partial charge in [0.25, 0.3) is 5.91 Å². The Hall–Kier alpha value is -1.14. The minimum absolute atomic E-state index is 0.0939. The molecule has 1 rings (SSSR count). The van der Waals surface area contributed by atoms with Crippen molar-refractivity contribution in [2.45, 2.75) is 46.5 Å². The quantitative estimate of drug-likeness (QED) is 0.507. The third-order valence-electron chi connectivity index (χ3n) is 4.39. The highest BCUT2D eigenvalue weighted by Crippen LogP contribution is 2.34. The van der Waals surface area contributed by atoms with Crippen LogP contribution in [0, 0.1) is 17.3 Å². The standard InChI is InChI=1S/C15H28N2O4/c1-11(2)9-12(15(3,10-18)14(20)16-21)13(19)17-7-5-4-6-8-17/h11-12,18,21H,4-10H2,1-3H3,(H,16,20)/t12?,15-/m0/s1. The monoisotopic (exact) mass is 300 g/mol. The maximum Gasteiger partial charge on any atom is 0.252 e. The average molecular weight is 300 g/mol. The van der Waals surface area contributed by atoms with E-state index < -0.39 is 23.8 Å². The van der Waals surface area contributed by atoms with Crippen molar-refractivity contribution in [2.75, 3.05) is 19.7 Å². The lowest BCUT2D eigenvalue weighted by atomic mass is 9.72. The highest BCUT2D eigenvalue weighted by atomic mass is 16.5. The molecule has 1 aliphatic heterocycles. The molecule has 1 fully saturated rings. The first-order valence-electron chi connectivity index (χ1n) is 7.71. The molecule has 0 aromatic heterocycles. The van der Waals surface area contributed by atoms with Gasteiger partial charge in [-0.2, -0.15) is 0 Å². The normalized spacial score (nSPS) is 20.0. The molecular weight excluding hydrogens is 272 g/mol. The van der Waals surface area contributed by atoms with Crippen LogP contribution < -0.4 is 5.48 Å². The first-order chi connectivity index (χ1) is 9.86. The van der Waals surface area contributed by atoms with Gasteiger partial charge in [0.1, 0.15) is 0 Å².